The smallest absolute Gasteiger partial charge is 0.247 e. The van der Waals surface area contributed by atoms with Crippen LogP contribution in [0.3, 0.4) is 0 Å². The molecule has 3 saturated carbocycles. The van der Waals surface area contributed by atoms with E-state index in [1.807, 2.05) is 13.8 Å². The Hall–Kier alpha value is -3.45. The van der Waals surface area contributed by atoms with E-state index in [1.54, 1.807) is 25.2 Å². The molecule has 0 spiro atoms. The molecule has 42 heavy (non-hydrogen) atoms. The number of isocyanates is 3. The minimum absolute atomic E-state index is 0.0978. The molecule has 0 amide bonds. The van der Waals surface area contributed by atoms with Crippen LogP contribution in [0.25, 0.3) is 0 Å². The zero-order chi connectivity index (χ0) is 30.4. The van der Waals surface area contributed by atoms with Crippen molar-refractivity contribution in [3.05, 3.63) is 31.5 Å². The van der Waals surface area contributed by atoms with Gasteiger partial charge in [-0.1, -0.05) is 25.7 Å². The van der Waals surface area contributed by atoms with Crippen LogP contribution in [0.4, 0.5) is 0 Å². The van der Waals surface area contributed by atoms with E-state index in [9.17, 15) is 28.8 Å². The van der Waals surface area contributed by atoms with E-state index >= 15 is 0 Å². The molecule has 0 saturated heterocycles. The molecule has 1 aromatic rings. The maximum Gasteiger partial charge on any atom is 0.336 e. The van der Waals surface area contributed by atoms with Crippen LogP contribution in [-0.2, 0) is 14.4 Å². The summed E-state index contributed by atoms with van der Waals surface area (Å²) in [5, 5.41) is 0. The zero-order valence-electron chi connectivity index (χ0n) is 24.8. The molecule has 1 heterocycles. The van der Waals surface area contributed by atoms with Crippen LogP contribution in [0.5, 0.6) is 0 Å². The fourth-order valence-electron chi connectivity index (χ4n) is 7.84. The molecule has 0 aliphatic heterocycles. The van der Waals surface area contributed by atoms with E-state index in [0.717, 1.165) is 51.4 Å². The van der Waals surface area contributed by atoms with Gasteiger partial charge in [-0.05, 0) is 84.0 Å². The van der Waals surface area contributed by atoms with Gasteiger partial charge in [0.1, 0.15) is 0 Å². The predicted molar refractivity (Wildman–Crippen MR) is 155 cm³/mol. The lowest BCUT2D eigenvalue weighted by atomic mass is 9.80. The van der Waals surface area contributed by atoms with E-state index in [-0.39, 0.29) is 35.9 Å². The van der Waals surface area contributed by atoms with Crippen molar-refractivity contribution in [1.29, 1.82) is 0 Å². The van der Waals surface area contributed by atoms with E-state index in [4.69, 9.17) is 0 Å². The largest absolute Gasteiger partial charge is 0.336 e. The summed E-state index contributed by atoms with van der Waals surface area (Å²) in [5.41, 5.74) is -1.98. The summed E-state index contributed by atoms with van der Waals surface area (Å²) < 4.78 is 3.64. The second-order valence-corrected chi connectivity index (χ2v) is 12.5. The lowest BCUT2D eigenvalue weighted by Crippen LogP contribution is -2.59. The van der Waals surface area contributed by atoms with Gasteiger partial charge >= 0.3 is 17.1 Å². The SMILES string of the molecule is CC(C1CCCC(N=C=O)C1)n1c(=O)n(C(C)C2CCCC(N=C=O)C2)c(=O)n(C(C)C2CCCCC2N=C=O)c1=O. The molecule has 9 unspecified atom stereocenters. The van der Waals surface area contributed by atoms with Gasteiger partial charge in [-0.2, -0.15) is 0 Å². The number of carbonyl (C=O) groups excluding carboxylic acids is 3. The summed E-state index contributed by atoms with van der Waals surface area (Å²) in [4.78, 5) is 87.5. The molecular weight excluding hydrogens is 540 g/mol. The highest BCUT2D eigenvalue weighted by molar-refractivity contribution is 5.34. The van der Waals surface area contributed by atoms with Crippen LogP contribution in [-0.4, -0.2) is 50.1 Å². The van der Waals surface area contributed by atoms with Gasteiger partial charge in [0, 0.05) is 24.0 Å². The predicted octanol–water partition coefficient (Wildman–Crippen LogP) is 3.54. The summed E-state index contributed by atoms with van der Waals surface area (Å²) in [6.45, 7) is 5.44. The first kappa shape index (κ1) is 31.5. The van der Waals surface area contributed by atoms with Gasteiger partial charge in [0.25, 0.3) is 0 Å². The van der Waals surface area contributed by atoms with E-state index < -0.39 is 35.2 Å². The van der Waals surface area contributed by atoms with Crippen molar-refractivity contribution < 1.29 is 14.4 Å². The van der Waals surface area contributed by atoms with Crippen LogP contribution in [0.2, 0.25) is 0 Å². The van der Waals surface area contributed by atoms with Gasteiger partial charge in [-0.3, -0.25) is 0 Å². The topological polar surface area (TPSA) is 154 Å². The molecule has 1 aromatic heterocycles. The van der Waals surface area contributed by atoms with Gasteiger partial charge in [0.2, 0.25) is 18.2 Å². The molecule has 0 bridgehead atoms. The summed E-state index contributed by atoms with van der Waals surface area (Å²) in [6, 6.07) is -2.48. The molecule has 3 fully saturated rings. The van der Waals surface area contributed by atoms with Crippen molar-refractivity contribution in [2.24, 2.45) is 32.7 Å². The van der Waals surface area contributed by atoms with Crippen molar-refractivity contribution in [2.75, 3.05) is 0 Å². The highest BCUT2D eigenvalue weighted by Crippen LogP contribution is 2.36. The molecule has 0 aromatic carbocycles. The van der Waals surface area contributed by atoms with E-state index in [1.165, 1.54) is 13.7 Å². The first-order valence-corrected chi connectivity index (χ1v) is 15.4. The molecule has 12 heteroatoms. The Bertz CT molecular complexity index is 1360. The van der Waals surface area contributed by atoms with Gasteiger partial charge in [0.15, 0.2) is 0 Å². The minimum atomic E-state index is -0.666. The third-order valence-corrected chi connectivity index (χ3v) is 10.3. The van der Waals surface area contributed by atoms with Crippen LogP contribution >= 0.6 is 0 Å². The Labute approximate surface area is 244 Å². The molecular formula is C30H42N6O6. The van der Waals surface area contributed by atoms with Crippen molar-refractivity contribution in [3.8, 4) is 0 Å². The molecule has 0 radical (unpaired) electrons. The molecule has 228 valence electrons. The summed E-state index contributed by atoms with van der Waals surface area (Å²) in [6.07, 6.45) is 13.8. The average molecular weight is 583 g/mol. The van der Waals surface area contributed by atoms with Crippen molar-refractivity contribution in [3.63, 3.8) is 0 Å². The van der Waals surface area contributed by atoms with Crippen LogP contribution in [0.15, 0.2) is 29.4 Å². The van der Waals surface area contributed by atoms with Gasteiger partial charge in [-0.15, -0.1) is 0 Å². The van der Waals surface area contributed by atoms with Gasteiger partial charge < -0.3 is 0 Å². The number of hydrogen-bond donors (Lipinski definition) is 0. The fourth-order valence-corrected chi connectivity index (χ4v) is 7.84. The van der Waals surface area contributed by atoms with Gasteiger partial charge in [0.05, 0.1) is 18.1 Å². The van der Waals surface area contributed by atoms with Crippen LogP contribution < -0.4 is 17.1 Å². The molecule has 4 rings (SSSR count). The Morgan fingerprint density at radius 2 is 1.00 bits per heavy atom. The number of nitrogens with zero attached hydrogens (tertiary/aromatic N) is 6. The molecule has 3 aliphatic rings. The summed E-state index contributed by atoms with van der Waals surface area (Å²) in [5.74, 6) is -0.434. The normalized spacial score (nSPS) is 30.1. The summed E-state index contributed by atoms with van der Waals surface area (Å²) >= 11 is 0. The average Bonchev–Trinajstić information content (AvgIpc) is 2.98. The molecule has 9 atom stereocenters. The maximum absolute atomic E-state index is 14.2. The lowest BCUT2D eigenvalue weighted by Gasteiger charge is -2.36. The fraction of sp³-hybridized carbons (Fsp3) is 0.800. The number of rotatable bonds is 9. The van der Waals surface area contributed by atoms with Gasteiger partial charge in [-0.25, -0.2) is 57.4 Å². The third-order valence-electron chi connectivity index (χ3n) is 10.3. The third kappa shape index (κ3) is 6.46. The Balaban J connectivity index is 1.86. The van der Waals surface area contributed by atoms with Crippen molar-refractivity contribution >= 4 is 18.2 Å². The van der Waals surface area contributed by atoms with Crippen LogP contribution in [0, 0.1) is 17.8 Å². The lowest BCUT2D eigenvalue weighted by molar-refractivity contribution is 0.180. The first-order chi connectivity index (χ1) is 20.2. The minimum Gasteiger partial charge on any atom is -0.247 e. The Morgan fingerprint density at radius 1 is 0.571 bits per heavy atom. The summed E-state index contributed by atoms with van der Waals surface area (Å²) in [7, 11) is 0. The monoisotopic (exact) mass is 582 g/mol. The second kappa shape index (κ2) is 14.1. The maximum atomic E-state index is 14.2. The Morgan fingerprint density at radius 3 is 1.45 bits per heavy atom. The number of aliphatic imine (C=N–C) groups is 3. The zero-order valence-corrected chi connectivity index (χ0v) is 24.8. The Kier molecular flexibility index (Phi) is 10.6. The quantitative estimate of drug-likeness (QED) is 0.320. The second-order valence-electron chi connectivity index (χ2n) is 12.5. The molecule has 3 aliphatic carbocycles. The molecule has 12 nitrogen and oxygen atoms in total. The van der Waals surface area contributed by atoms with E-state index in [2.05, 4.69) is 15.0 Å². The highest BCUT2D eigenvalue weighted by Gasteiger charge is 2.37. The number of aromatic nitrogens is 3. The number of hydrogen-bond acceptors (Lipinski definition) is 9. The molecule has 0 N–H and O–H groups in total. The van der Waals surface area contributed by atoms with Crippen molar-refractivity contribution in [2.45, 2.75) is 134 Å². The first-order valence-electron chi connectivity index (χ1n) is 15.4. The van der Waals surface area contributed by atoms with Crippen molar-refractivity contribution in [1.82, 2.24) is 13.7 Å². The van der Waals surface area contributed by atoms with E-state index in [0.29, 0.717) is 25.7 Å². The highest BCUT2D eigenvalue weighted by atomic mass is 16.2. The van der Waals surface area contributed by atoms with Crippen LogP contribution in [0.1, 0.15) is 116 Å². The standard InChI is InChI=1S/C30H42N6O6/c1-19(22-8-6-10-24(14-22)31-16-37)34-28(40)35(20(2)23-9-7-11-25(15-23)32-17-38)30(42)36(29(34)41)21(3)26-12-4-5-13-27(26)33-18-39/h19-27H,4-15H2,1-3H3.